The van der Waals surface area contributed by atoms with Crippen LogP contribution in [0.4, 0.5) is 0 Å². The minimum absolute atomic E-state index is 0.421. The lowest BCUT2D eigenvalue weighted by Gasteiger charge is -2.30. The highest BCUT2D eigenvalue weighted by molar-refractivity contribution is 5.33. The standard InChI is InChI=1S/C15H22N2/c16-13-6-3-7-14(10-13)17-15-8-11-4-1-2-5-12(11)9-15/h1-2,4-5,13-15,17H,3,6-10,16H2. The largest absolute Gasteiger partial charge is 0.328 e. The van der Waals surface area contributed by atoms with Crippen molar-refractivity contribution in [2.75, 3.05) is 0 Å². The topological polar surface area (TPSA) is 38.0 Å². The Kier molecular flexibility index (Phi) is 3.17. The van der Waals surface area contributed by atoms with Gasteiger partial charge in [-0.3, -0.25) is 0 Å². The molecule has 0 heterocycles. The Morgan fingerprint density at radius 2 is 1.71 bits per heavy atom. The lowest BCUT2D eigenvalue weighted by atomic mass is 9.91. The second-order valence-corrected chi connectivity index (χ2v) is 5.66. The molecule has 0 spiro atoms. The van der Waals surface area contributed by atoms with Crippen LogP contribution in [0.1, 0.15) is 36.8 Å². The Bertz CT molecular complexity index is 363. The summed E-state index contributed by atoms with van der Waals surface area (Å²) in [6.07, 6.45) is 7.36. The van der Waals surface area contributed by atoms with Crippen LogP contribution in [0.15, 0.2) is 24.3 Å². The van der Waals surface area contributed by atoms with E-state index in [9.17, 15) is 0 Å². The molecule has 2 nitrogen and oxygen atoms in total. The Morgan fingerprint density at radius 1 is 1.00 bits per heavy atom. The molecular formula is C15H22N2. The van der Waals surface area contributed by atoms with Gasteiger partial charge in [-0.1, -0.05) is 30.7 Å². The molecule has 1 saturated carbocycles. The molecule has 0 radical (unpaired) electrons. The molecule has 2 atom stereocenters. The summed E-state index contributed by atoms with van der Waals surface area (Å²) in [5.41, 5.74) is 9.11. The van der Waals surface area contributed by atoms with Crippen LogP contribution in [-0.4, -0.2) is 18.1 Å². The molecule has 1 aromatic carbocycles. The molecule has 0 amide bonds. The van der Waals surface area contributed by atoms with E-state index in [0.29, 0.717) is 18.1 Å². The van der Waals surface area contributed by atoms with Crippen molar-refractivity contribution in [3.63, 3.8) is 0 Å². The van der Waals surface area contributed by atoms with Crippen molar-refractivity contribution in [3.8, 4) is 0 Å². The summed E-state index contributed by atoms with van der Waals surface area (Å²) in [4.78, 5) is 0. The third-order valence-electron chi connectivity index (χ3n) is 4.24. The monoisotopic (exact) mass is 230 g/mol. The maximum Gasteiger partial charge on any atom is 0.0151 e. The SMILES string of the molecule is NC1CCCC(NC2Cc3ccccc3C2)C1. The highest BCUT2D eigenvalue weighted by Crippen LogP contribution is 2.24. The van der Waals surface area contributed by atoms with Crippen molar-refractivity contribution in [3.05, 3.63) is 35.4 Å². The summed E-state index contributed by atoms with van der Waals surface area (Å²) in [6.45, 7) is 0. The van der Waals surface area contributed by atoms with E-state index in [2.05, 4.69) is 29.6 Å². The van der Waals surface area contributed by atoms with Gasteiger partial charge in [0, 0.05) is 18.1 Å². The van der Waals surface area contributed by atoms with Crippen LogP contribution < -0.4 is 11.1 Å². The number of rotatable bonds is 2. The first kappa shape index (κ1) is 11.2. The summed E-state index contributed by atoms with van der Waals surface area (Å²) in [5, 5.41) is 3.82. The lowest BCUT2D eigenvalue weighted by molar-refractivity contribution is 0.313. The van der Waals surface area contributed by atoms with Crippen LogP contribution in [0.2, 0.25) is 0 Å². The third-order valence-corrected chi connectivity index (χ3v) is 4.24. The van der Waals surface area contributed by atoms with Crippen molar-refractivity contribution in [1.82, 2.24) is 5.32 Å². The fourth-order valence-corrected chi connectivity index (χ4v) is 3.39. The first-order valence-corrected chi connectivity index (χ1v) is 6.89. The predicted molar refractivity (Wildman–Crippen MR) is 71.0 cm³/mol. The van der Waals surface area contributed by atoms with Gasteiger partial charge in [0.1, 0.15) is 0 Å². The zero-order valence-corrected chi connectivity index (χ0v) is 10.4. The molecule has 2 aliphatic carbocycles. The summed E-state index contributed by atoms with van der Waals surface area (Å²) in [7, 11) is 0. The zero-order valence-electron chi connectivity index (χ0n) is 10.4. The molecule has 0 saturated heterocycles. The fraction of sp³-hybridized carbons (Fsp3) is 0.600. The average Bonchev–Trinajstić information content (AvgIpc) is 2.71. The smallest absolute Gasteiger partial charge is 0.0151 e. The van der Waals surface area contributed by atoms with E-state index in [4.69, 9.17) is 5.73 Å². The van der Waals surface area contributed by atoms with Crippen LogP contribution in [0, 0.1) is 0 Å². The zero-order chi connectivity index (χ0) is 11.7. The molecule has 1 aromatic rings. The molecule has 17 heavy (non-hydrogen) atoms. The Morgan fingerprint density at radius 3 is 2.35 bits per heavy atom. The predicted octanol–water partition coefficient (Wildman–Crippen LogP) is 2.01. The highest BCUT2D eigenvalue weighted by atomic mass is 15.0. The van der Waals surface area contributed by atoms with Crippen LogP contribution in [0.3, 0.4) is 0 Å². The first-order chi connectivity index (χ1) is 8.31. The second kappa shape index (κ2) is 4.79. The van der Waals surface area contributed by atoms with Gasteiger partial charge >= 0.3 is 0 Å². The molecule has 3 N–H and O–H groups in total. The Balaban J connectivity index is 1.58. The van der Waals surface area contributed by atoms with Crippen molar-refractivity contribution in [2.45, 2.75) is 56.7 Å². The Labute approximate surface area is 104 Å². The van der Waals surface area contributed by atoms with Gasteiger partial charge in [-0.2, -0.15) is 0 Å². The number of hydrogen-bond donors (Lipinski definition) is 2. The highest BCUT2D eigenvalue weighted by Gasteiger charge is 2.25. The van der Waals surface area contributed by atoms with Gasteiger partial charge in [0.2, 0.25) is 0 Å². The third kappa shape index (κ3) is 2.53. The maximum atomic E-state index is 6.04. The first-order valence-electron chi connectivity index (χ1n) is 6.89. The molecule has 3 rings (SSSR count). The lowest BCUT2D eigenvalue weighted by Crippen LogP contribution is -2.44. The van der Waals surface area contributed by atoms with Crippen LogP contribution >= 0.6 is 0 Å². The fourth-order valence-electron chi connectivity index (χ4n) is 3.39. The number of fused-ring (bicyclic) bond motifs is 1. The van der Waals surface area contributed by atoms with Crippen molar-refractivity contribution in [2.24, 2.45) is 5.73 Å². The minimum Gasteiger partial charge on any atom is -0.328 e. The van der Waals surface area contributed by atoms with Crippen molar-refractivity contribution >= 4 is 0 Å². The quantitative estimate of drug-likeness (QED) is 0.815. The molecule has 2 heteroatoms. The van der Waals surface area contributed by atoms with E-state index in [1.807, 2.05) is 0 Å². The molecule has 2 aliphatic rings. The summed E-state index contributed by atoms with van der Waals surface area (Å²) in [6, 6.07) is 10.5. The van der Waals surface area contributed by atoms with E-state index in [-0.39, 0.29) is 0 Å². The van der Waals surface area contributed by atoms with Crippen LogP contribution in [0.5, 0.6) is 0 Å². The van der Waals surface area contributed by atoms with Gasteiger partial charge in [-0.15, -0.1) is 0 Å². The molecule has 2 unspecified atom stereocenters. The minimum atomic E-state index is 0.421. The number of hydrogen-bond acceptors (Lipinski definition) is 2. The van der Waals surface area contributed by atoms with E-state index in [1.165, 1.54) is 43.2 Å². The maximum absolute atomic E-state index is 6.04. The van der Waals surface area contributed by atoms with Crippen molar-refractivity contribution in [1.29, 1.82) is 0 Å². The van der Waals surface area contributed by atoms with Gasteiger partial charge in [0.05, 0.1) is 0 Å². The molecule has 92 valence electrons. The second-order valence-electron chi connectivity index (χ2n) is 5.66. The van der Waals surface area contributed by atoms with Gasteiger partial charge in [0.25, 0.3) is 0 Å². The Hall–Kier alpha value is -0.860. The molecule has 1 fully saturated rings. The van der Waals surface area contributed by atoms with Gasteiger partial charge in [0.15, 0.2) is 0 Å². The molecular weight excluding hydrogens is 208 g/mol. The molecule has 0 aromatic heterocycles. The van der Waals surface area contributed by atoms with Gasteiger partial charge < -0.3 is 11.1 Å². The van der Waals surface area contributed by atoms with E-state index >= 15 is 0 Å². The average molecular weight is 230 g/mol. The van der Waals surface area contributed by atoms with Crippen LogP contribution in [0.25, 0.3) is 0 Å². The van der Waals surface area contributed by atoms with Gasteiger partial charge in [-0.05, 0) is 43.2 Å². The van der Waals surface area contributed by atoms with Crippen molar-refractivity contribution < 1.29 is 0 Å². The normalized spacial score (nSPS) is 29.2. The summed E-state index contributed by atoms with van der Waals surface area (Å²) >= 11 is 0. The number of nitrogens with two attached hydrogens (primary N) is 1. The summed E-state index contributed by atoms with van der Waals surface area (Å²) < 4.78 is 0. The van der Waals surface area contributed by atoms with Gasteiger partial charge in [-0.25, -0.2) is 0 Å². The molecule has 0 aliphatic heterocycles. The molecule has 0 bridgehead atoms. The number of benzene rings is 1. The van der Waals surface area contributed by atoms with E-state index in [1.54, 1.807) is 0 Å². The number of nitrogens with one attached hydrogen (secondary N) is 1. The summed E-state index contributed by atoms with van der Waals surface area (Å²) in [5.74, 6) is 0. The van der Waals surface area contributed by atoms with Crippen LogP contribution in [-0.2, 0) is 12.8 Å². The van der Waals surface area contributed by atoms with E-state index in [0.717, 1.165) is 6.42 Å². The van der Waals surface area contributed by atoms with E-state index < -0.39 is 0 Å².